The molecule has 0 aliphatic carbocycles. The first-order valence-electron chi connectivity index (χ1n) is 5.03. The second kappa shape index (κ2) is 5.18. The van der Waals surface area contributed by atoms with Crippen LogP contribution in [0.2, 0.25) is 0 Å². The third-order valence-corrected chi connectivity index (χ3v) is 3.68. The molecule has 1 rings (SSSR count). The maximum absolute atomic E-state index is 10.1. The molecule has 0 bridgehead atoms. The lowest BCUT2D eigenvalue weighted by atomic mass is 9.99. The van der Waals surface area contributed by atoms with Gasteiger partial charge < -0.3 is 30.3 Å². The Morgan fingerprint density at radius 2 is 1.88 bits per heavy atom. The fourth-order valence-corrected chi connectivity index (χ4v) is 2.80. The predicted molar refractivity (Wildman–Crippen MR) is 57.7 cm³/mol. The Morgan fingerprint density at radius 1 is 1.31 bits per heavy atom. The monoisotopic (exact) mass is 254 g/mol. The summed E-state index contributed by atoms with van der Waals surface area (Å²) in [5.74, 6) is 0. The lowest BCUT2D eigenvalue weighted by Gasteiger charge is -2.46. The highest BCUT2D eigenvalue weighted by Crippen LogP contribution is 2.39. The summed E-state index contributed by atoms with van der Waals surface area (Å²) in [6, 6.07) is 0. The van der Waals surface area contributed by atoms with Crippen molar-refractivity contribution in [1.29, 1.82) is 0 Å². The summed E-state index contributed by atoms with van der Waals surface area (Å²) < 4.78 is 4.86. The highest BCUT2D eigenvalue weighted by molar-refractivity contribution is 8.01. The van der Waals surface area contributed by atoms with Gasteiger partial charge in [-0.05, 0) is 0 Å². The van der Waals surface area contributed by atoms with Gasteiger partial charge in [-0.2, -0.15) is 0 Å². The van der Waals surface area contributed by atoms with E-state index in [9.17, 15) is 20.4 Å². The Labute approximate surface area is 97.9 Å². The van der Waals surface area contributed by atoms with E-state index >= 15 is 0 Å². The molecule has 0 aromatic carbocycles. The molecule has 1 fully saturated rings. The van der Waals surface area contributed by atoms with E-state index in [-0.39, 0.29) is 5.25 Å². The van der Waals surface area contributed by atoms with Crippen LogP contribution in [0.15, 0.2) is 0 Å². The largest absolute Gasteiger partial charge is 0.394 e. The Hall–Kier alpha value is 0.110. The highest BCUT2D eigenvalue weighted by Gasteiger charge is 2.55. The molecule has 7 heteroatoms. The van der Waals surface area contributed by atoms with Crippen LogP contribution in [0.1, 0.15) is 13.8 Å². The Kier molecular flexibility index (Phi) is 4.58. The van der Waals surface area contributed by atoms with E-state index in [0.717, 1.165) is 11.8 Å². The Bertz CT molecular complexity index is 238. The van der Waals surface area contributed by atoms with Crippen molar-refractivity contribution in [2.75, 3.05) is 6.61 Å². The van der Waals surface area contributed by atoms with E-state index in [4.69, 9.17) is 9.84 Å². The lowest BCUT2D eigenvalue weighted by molar-refractivity contribution is -0.299. The zero-order valence-electron chi connectivity index (χ0n) is 9.15. The molecule has 5 N–H and O–H groups in total. The highest BCUT2D eigenvalue weighted by atomic mass is 32.2. The van der Waals surface area contributed by atoms with Gasteiger partial charge in [0.05, 0.1) is 6.61 Å². The molecule has 1 heterocycles. The smallest absolute Gasteiger partial charge is 0.196 e. The van der Waals surface area contributed by atoms with E-state index in [1.165, 1.54) is 0 Å². The molecule has 16 heavy (non-hydrogen) atoms. The average molecular weight is 254 g/mol. The van der Waals surface area contributed by atoms with Gasteiger partial charge in [-0.15, -0.1) is 11.8 Å². The summed E-state index contributed by atoms with van der Waals surface area (Å²) in [5, 5.41) is 47.8. The summed E-state index contributed by atoms with van der Waals surface area (Å²) in [6.45, 7) is 3.00. The van der Waals surface area contributed by atoms with E-state index in [1.54, 1.807) is 13.8 Å². The molecule has 0 saturated carbocycles. The van der Waals surface area contributed by atoms with Crippen LogP contribution in [0.3, 0.4) is 0 Å². The second-order valence-corrected chi connectivity index (χ2v) is 5.90. The summed E-state index contributed by atoms with van der Waals surface area (Å²) in [4.78, 5) is -1.99. The van der Waals surface area contributed by atoms with Gasteiger partial charge in [0, 0.05) is 5.25 Å². The molecule has 6 nitrogen and oxygen atoms in total. The van der Waals surface area contributed by atoms with Crippen molar-refractivity contribution in [2.24, 2.45) is 0 Å². The van der Waals surface area contributed by atoms with E-state index in [1.807, 2.05) is 0 Å². The average Bonchev–Trinajstić information content (AvgIpc) is 2.20. The first-order chi connectivity index (χ1) is 7.32. The van der Waals surface area contributed by atoms with Gasteiger partial charge in [-0.25, -0.2) is 0 Å². The molecule has 1 saturated heterocycles. The first-order valence-corrected chi connectivity index (χ1v) is 5.91. The number of aliphatic hydroxyl groups excluding tert-OH is 4. The van der Waals surface area contributed by atoms with Gasteiger partial charge in [0.1, 0.15) is 18.3 Å². The van der Waals surface area contributed by atoms with Crippen LogP contribution in [0, 0.1) is 0 Å². The van der Waals surface area contributed by atoms with E-state index in [2.05, 4.69) is 0 Å². The molecule has 0 aromatic heterocycles. The van der Waals surface area contributed by atoms with Crippen molar-refractivity contribution in [2.45, 2.75) is 48.6 Å². The minimum atomic E-state index is -1.99. The van der Waals surface area contributed by atoms with Crippen LogP contribution in [-0.4, -0.2) is 66.9 Å². The molecule has 0 aromatic rings. The topological polar surface area (TPSA) is 110 Å². The quantitative estimate of drug-likeness (QED) is 0.380. The van der Waals surface area contributed by atoms with Crippen molar-refractivity contribution >= 4 is 11.8 Å². The zero-order valence-corrected chi connectivity index (χ0v) is 9.96. The molecule has 1 aliphatic rings. The van der Waals surface area contributed by atoms with Gasteiger partial charge in [-0.1, -0.05) is 13.8 Å². The van der Waals surface area contributed by atoms with Crippen molar-refractivity contribution in [3.63, 3.8) is 0 Å². The van der Waals surface area contributed by atoms with Crippen LogP contribution in [0.5, 0.6) is 0 Å². The maximum atomic E-state index is 10.1. The normalized spacial score (nSPS) is 45.0. The minimum Gasteiger partial charge on any atom is -0.394 e. The first kappa shape index (κ1) is 14.2. The Morgan fingerprint density at radius 3 is 2.31 bits per heavy atom. The third kappa shape index (κ3) is 2.51. The molecular weight excluding hydrogens is 236 g/mol. The SMILES string of the molecule is CC(C)S[C@@]1(O)[C@@H](O)O[C@H](CO)[C@H](O)[C@@H]1O. The van der Waals surface area contributed by atoms with E-state index < -0.39 is 36.1 Å². The van der Waals surface area contributed by atoms with Crippen LogP contribution in [-0.2, 0) is 4.74 Å². The van der Waals surface area contributed by atoms with Crippen molar-refractivity contribution in [3.8, 4) is 0 Å². The number of ether oxygens (including phenoxy) is 1. The predicted octanol–water partition coefficient (Wildman–Crippen LogP) is -1.75. The number of rotatable bonds is 3. The van der Waals surface area contributed by atoms with Crippen LogP contribution in [0.4, 0.5) is 0 Å². The molecule has 0 amide bonds. The van der Waals surface area contributed by atoms with Gasteiger partial charge in [-0.3, -0.25) is 0 Å². The standard InChI is InChI=1S/C9H18O6S/c1-4(2)16-9(14)7(12)6(11)5(3-10)15-8(9)13/h4-8,10-14H,3H2,1-2H3/t5-,6+,7+,8+,9-/m1/s1. The molecule has 0 spiro atoms. The van der Waals surface area contributed by atoms with Crippen LogP contribution < -0.4 is 0 Å². The molecule has 5 atom stereocenters. The second-order valence-electron chi connectivity index (χ2n) is 4.06. The molecular formula is C9H18O6S. The van der Waals surface area contributed by atoms with Crippen molar-refractivity contribution in [1.82, 2.24) is 0 Å². The number of hydrogen-bond donors (Lipinski definition) is 5. The fourth-order valence-electron chi connectivity index (χ4n) is 1.59. The number of aliphatic hydroxyl groups is 5. The summed E-state index contributed by atoms with van der Waals surface area (Å²) in [5.41, 5.74) is 0. The Balaban J connectivity index is 2.86. The van der Waals surface area contributed by atoms with E-state index in [0.29, 0.717) is 0 Å². The minimum absolute atomic E-state index is 0.0734. The van der Waals surface area contributed by atoms with Crippen molar-refractivity contribution < 1.29 is 30.3 Å². The summed E-state index contributed by atoms with van der Waals surface area (Å²) in [6.07, 6.45) is -5.78. The number of thioether (sulfide) groups is 1. The molecule has 96 valence electrons. The molecule has 0 radical (unpaired) electrons. The molecule has 0 unspecified atom stereocenters. The van der Waals surface area contributed by atoms with Gasteiger partial charge in [0.2, 0.25) is 0 Å². The maximum Gasteiger partial charge on any atom is 0.196 e. The van der Waals surface area contributed by atoms with Crippen LogP contribution >= 0.6 is 11.8 Å². The lowest BCUT2D eigenvalue weighted by Crippen LogP contribution is -2.65. The van der Waals surface area contributed by atoms with Crippen LogP contribution in [0.25, 0.3) is 0 Å². The third-order valence-electron chi connectivity index (χ3n) is 2.39. The number of hydrogen-bond acceptors (Lipinski definition) is 7. The van der Waals surface area contributed by atoms with Crippen molar-refractivity contribution in [3.05, 3.63) is 0 Å². The van der Waals surface area contributed by atoms with Gasteiger partial charge in [0.15, 0.2) is 11.2 Å². The summed E-state index contributed by atoms with van der Waals surface area (Å²) >= 11 is 0.899. The summed E-state index contributed by atoms with van der Waals surface area (Å²) in [7, 11) is 0. The van der Waals surface area contributed by atoms with Gasteiger partial charge >= 0.3 is 0 Å². The molecule has 1 aliphatic heterocycles. The fraction of sp³-hybridized carbons (Fsp3) is 1.00. The van der Waals surface area contributed by atoms with Gasteiger partial charge in [0.25, 0.3) is 0 Å². The zero-order chi connectivity index (χ0) is 12.5.